The fourth-order valence-electron chi connectivity index (χ4n) is 2.37. The smallest absolute Gasteiger partial charge is 0.330 e. The van der Waals surface area contributed by atoms with Crippen molar-refractivity contribution < 1.29 is 19.1 Å². The lowest BCUT2D eigenvalue weighted by molar-refractivity contribution is -0.138. The standard InChI is InChI=1S/C23H26N2O4/c24-20-10-4-18(5-11-20)8-14-22(26)28-16-2-1-3-17-29-23(27)15-9-19-6-12-21(25)13-7-19/h4-15H,1-3,16-17,24-25H2/b14-8+,15-9+. The number of rotatable bonds is 10. The van der Waals surface area contributed by atoms with Crippen LogP contribution in [0.2, 0.25) is 0 Å². The highest BCUT2D eigenvalue weighted by Crippen LogP contribution is 2.08. The molecule has 0 aliphatic rings. The minimum absolute atomic E-state index is 0.329. The number of esters is 2. The molecule has 0 heterocycles. The second-order valence-electron chi connectivity index (χ2n) is 6.40. The van der Waals surface area contributed by atoms with E-state index in [0.717, 1.165) is 17.5 Å². The van der Waals surface area contributed by atoms with Gasteiger partial charge in [0.25, 0.3) is 0 Å². The van der Waals surface area contributed by atoms with Gasteiger partial charge in [0.05, 0.1) is 13.2 Å². The third-order valence-electron chi connectivity index (χ3n) is 3.97. The summed E-state index contributed by atoms with van der Waals surface area (Å²) in [4.78, 5) is 23.3. The molecule has 152 valence electrons. The molecule has 0 saturated heterocycles. The predicted molar refractivity (Wildman–Crippen MR) is 116 cm³/mol. The molecule has 0 amide bonds. The Morgan fingerprint density at radius 2 is 1.03 bits per heavy atom. The Labute approximate surface area is 170 Å². The minimum atomic E-state index is -0.388. The molecule has 6 nitrogen and oxygen atoms in total. The molecule has 0 spiro atoms. The zero-order chi connectivity index (χ0) is 20.9. The van der Waals surface area contributed by atoms with Crippen LogP contribution in [0.3, 0.4) is 0 Å². The molecule has 0 unspecified atom stereocenters. The number of ether oxygens (including phenoxy) is 2. The molecule has 2 rings (SSSR count). The molecule has 0 aliphatic carbocycles. The third kappa shape index (κ3) is 9.28. The summed E-state index contributed by atoms with van der Waals surface area (Å²) in [6.45, 7) is 0.659. The Hall–Kier alpha value is -3.54. The van der Waals surface area contributed by atoms with Gasteiger partial charge >= 0.3 is 11.9 Å². The maximum atomic E-state index is 11.7. The lowest BCUT2D eigenvalue weighted by atomic mass is 10.2. The van der Waals surface area contributed by atoms with E-state index in [1.165, 1.54) is 12.2 Å². The fraction of sp³-hybridized carbons (Fsp3) is 0.217. The predicted octanol–water partition coefficient (Wildman–Crippen LogP) is 3.83. The van der Waals surface area contributed by atoms with Crippen LogP contribution in [0.1, 0.15) is 30.4 Å². The molecule has 4 N–H and O–H groups in total. The first-order valence-corrected chi connectivity index (χ1v) is 9.44. The normalized spacial score (nSPS) is 11.0. The second-order valence-corrected chi connectivity index (χ2v) is 6.40. The lowest BCUT2D eigenvalue weighted by Crippen LogP contribution is -2.04. The van der Waals surface area contributed by atoms with Crippen LogP contribution in [0, 0.1) is 0 Å². The van der Waals surface area contributed by atoms with Gasteiger partial charge in [0.15, 0.2) is 0 Å². The van der Waals surface area contributed by atoms with Crippen LogP contribution in [0.15, 0.2) is 60.7 Å². The van der Waals surface area contributed by atoms with Gasteiger partial charge in [-0.2, -0.15) is 0 Å². The Bertz CT molecular complexity index is 769. The van der Waals surface area contributed by atoms with E-state index in [4.69, 9.17) is 20.9 Å². The lowest BCUT2D eigenvalue weighted by Gasteiger charge is -2.03. The second kappa shape index (κ2) is 12.0. The Kier molecular flexibility index (Phi) is 9.02. The highest BCUT2D eigenvalue weighted by Gasteiger charge is 2.00. The first-order valence-electron chi connectivity index (χ1n) is 9.44. The monoisotopic (exact) mass is 394 g/mol. The van der Waals surface area contributed by atoms with Gasteiger partial charge in [0.2, 0.25) is 0 Å². The van der Waals surface area contributed by atoms with Crippen molar-refractivity contribution in [3.63, 3.8) is 0 Å². The van der Waals surface area contributed by atoms with Gasteiger partial charge in [0, 0.05) is 23.5 Å². The average molecular weight is 394 g/mol. The highest BCUT2D eigenvalue weighted by atomic mass is 16.5. The van der Waals surface area contributed by atoms with E-state index in [1.807, 2.05) is 24.3 Å². The molecule has 0 bridgehead atoms. The SMILES string of the molecule is Nc1ccc(/C=C/C(=O)OCCCCCOC(=O)/C=C/c2ccc(N)cc2)cc1. The van der Waals surface area contributed by atoms with Crippen molar-refractivity contribution in [1.82, 2.24) is 0 Å². The average Bonchev–Trinajstić information content (AvgIpc) is 2.72. The maximum Gasteiger partial charge on any atom is 0.330 e. The minimum Gasteiger partial charge on any atom is -0.463 e. The molecule has 0 radical (unpaired) electrons. The van der Waals surface area contributed by atoms with Gasteiger partial charge in [-0.15, -0.1) is 0 Å². The van der Waals surface area contributed by atoms with Crippen LogP contribution in [0.4, 0.5) is 11.4 Å². The van der Waals surface area contributed by atoms with Crippen molar-refractivity contribution in [2.45, 2.75) is 19.3 Å². The van der Waals surface area contributed by atoms with Crippen molar-refractivity contribution in [2.24, 2.45) is 0 Å². The van der Waals surface area contributed by atoms with Gasteiger partial charge in [-0.25, -0.2) is 9.59 Å². The summed E-state index contributed by atoms with van der Waals surface area (Å²) in [5.74, 6) is -0.776. The summed E-state index contributed by atoms with van der Waals surface area (Å²) in [5.41, 5.74) is 14.3. The molecular weight excluding hydrogens is 368 g/mol. The largest absolute Gasteiger partial charge is 0.463 e. The van der Waals surface area contributed by atoms with Crippen molar-refractivity contribution in [3.8, 4) is 0 Å². The topological polar surface area (TPSA) is 105 Å². The number of nitrogens with two attached hydrogens (primary N) is 2. The number of anilines is 2. The van der Waals surface area contributed by atoms with Crippen molar-refractivity contribution >= 4 is 35.5 Å². The van der Waals surface area contributed by atoms with Crippen LogP contribution in [-0.4, -0.2) is 25.2 Å². The zero-order valence-corrected chi connectivity index (χ0v) is 16.3. The number of benzene rings is 2. The molecule has 2 aromatic carbocycles. The van der Waals surface area contributed by atoms with Crippen LogP contribution in [0.5, 0.6) is 0 Å². The number of carbonyl (C=O) groups is 2. The number of hydrogen-bond acceptors (Lipinski definition) is 6. The Balaban J connectivity index is 1.52. The van der Waals surface area contributed by atoms with Crippen LogP contribution in [0.25, 0.3) is 12.2 Å². The Morgan fingerprint density at radius 1 is 0.655 bits per heavy atom. The number of nitrogen functional groups attached to an aromatic ring is 2. The van der Waals surface area contributed by atoms with E-state index in [9.17, 15) is 9.59 Å². The number of unbranched alkanes of at least 4 members (excludes halogenated alkanes) is 2. The maximum absolute atomic E-state index is 11.7. The molecule has 0 saturated carbocycles. The number of hydrogen-bond donors (Lipinski definition) is 2. The van der Waals surface area contributed by atoms with Crippen LogP contribution in [-0.2, 0) is 19.1 Å². The van der Waals surface area contributed by atoms with E-state index in [1.54, 1.807) is 36.4 Å². The van der Waals surface area contributed by atoms with Gasteiger partial charge < -0.3 is 20.9 Å². The van der Waals surface area contributed by atoms with Crippen molar-refractivity contribution in [1.29, 1.82) is 0 Å². The summed E-state index contributed by atoms with van der Waals surface area (Å²) in [6.07, 6.45) is 8.35. The van der Waals surface area contributed by atoms with Crippen molar-refractivity contribution in [2.75, 3.05) is 24.7 Å². The van der Waals surface area contributed by atoms with Crippen LogP contribution < -0.4 is 11.5 Å². The molecule has 2 aromatic rings. The molecule has 0 aliphatic heterocycles. The molecule has 0 atom stereocenters. The zero-order valence-electron chi connectivity index (χ0n) is 16.3. The molecule has 0 fully saturated rings. The number of carbonyl (C=O) groups excluding carboxylic acids is 2. The summed E-state index contributed by atoms with van der Waals surface area (Å²) >= 11 is 0. The first kappa shape index (κ1) is 21.8. The summed E-state index contributed by atoms with van der Waals surface area (Å²) in [7, 11) is 0. The van der Waals surface area contributed by atoms with Gasteiger partial charge in [-0.05, 0) is 66.8 Å². The summed E-state index contributed by atoms with van der Waals surface area (Å²) < 4.78 is 10.3. The van der Waals surface area contributed by atoms with Crippen molar-refractivity contribution in [3.05, 3.63) is 71.8 Å². The van der Waals surface area contributed by atoms with Crippen LogP contribution >= 0.6 is 0 Å². The van der Waals surface area contributed by atoms with E-state index < -0.39 is 0 Å². The molecule has 6 heteroatoms. The van der Waals surface area contributed by atoms with E-state index in [0.29, 0.717) is 37.4 Å². The van der Waals surface area contributed by atoms with Gasteiger partial charge in [-0.3, -0.25) is 0 Å². The van der Waals surface area contributed by atoms with E-state index in [2.05, 4.69) is 0 Å². The summed E-state index contributed by atoms with van der Waals surface area (Å²) in [6, 6.07) is 14.4. The quantitative estimate of drug-likeness (QED) is 0.275. The van der Waals surface area contributed by atoms with E-state index in [-0.39, 0.29) is 11.9 Å². The third-order valence-corrected chi connectivity index (χ3v) is 3.97. The van der Waals surface area contributed by atoms with Gasteiger partial charge in [0.1, 0.15) is 0 Å². The molecule has 29 heavy (non-hydrogen) atoms. The molecular formula is C23H26N2O4. The fourth-order valence-corrected chi connectivity index (χ4v) is 2.37. The highest BCUT2D eigenvalue weighted by molar-refractivity contribution is 5.87. The first-order chi connectivity index (χ1) is 14.0. The van der Waals surface area contributed by atoms with E-state index >= 15 is 0 Å². The molecule has 0 aromatic heterocycles. The Morgan fingerprint density at radius 3 is 1.41 bits per heavy atom. The summed E-state index contributed by atoms with van der Waals surface area (Å²) in [5, 5.41) is 0. The van der Waals surface area contributed by atoms with Gasteiger partial charge in [-0.1, -0.05) is 24.3 Å².